The van der Waals surface area contributed by atoms with Crippen molar-refractivity contribution in [3.63, 3.8) is 0 Å². The normalized spacial score (nSPS) is 13.5. The standard InChI is InChI=1S/C23H28ClN5O2/c1-4-10-28(11-5-2)12-9-16-13-25-22(31-16)21-19-14-27(3)23(30)20-17(24)7-6-8-18(20)29(19)15-26-21/h6-8,13,15H,4-5,9-12,14H2,1-3H3. The first-order valence-electron chi connectivity index (χ1n) is 10.8. The number of hydrogen-bond donors (Lipinski definition) is 0. The van der Waals surface area contributed by atoms with Gasteiger partial charge in [0.15, 0.2) is 0 Å². The summed E-state index contributed by atoms with van der Waals surface area (Å²) in [7, 11) is 1.76. The largest absolute Gasteiger partial charge is 0.440 e. The van der Waals surface area contributed by atoms with Gasteiger partial charge in [0.05, 0.1) is 34.7 Å². The molecule has 3 heterocycles. The van der Waals surface area contributed by atoms with Crippen LogP contribution in [0.25, 0.3) is 17.3 Å². The minimum Gasteiger partial charge on any atom is -0.440 e. The molecule has 31 heavy (non-hydrogen) atoms. The van der Waals surface area contributed by atoms with E-state index in [1.54, 1.807) is 30.5 Å². The van der Waals surface area contributed by atoms with Crippen LogP contribution in [0.2, 0.25) is 5.02 Å². The van der Waals surface area contributed by atoms with Gasteiger partial charge in [-0.3, -0.25) is 9.36 Å². The predicted molar refractivity (Wildman–Crippen MR) is 121 cm³/mol. The van der Waals surface area contributed by atoms with E-state index in [0.717, 1.165) is 56.0 Å². The molecule has 3 aromatic rings. The van der Waals surface area contributed by atoms with Crippen LogP contribution in [-0.4, -0.2) is 56.9 Å². The molecule has 1 aliphatic rings. The highest BCUT2D eigenvalue weighted by Crippen LogP contribution is 2.33. The third-order valence-electron chi connectivity index (χ3n) is 5.58. The van der Waals surface area contributed by atoms with Gasteiger partial charge in [0.1, 0.15) is 17.8 Å². The maximum Gasteiger partial charge on any atom is 0.257 e. The maximum absolute atomic E-state index is 12.9. The van der Waals surface area contributed by atoms with Crippen molar-refractivity contribution in [3.05, 3.63) is 52.8 Å². The van der Waals surface area contributed by atoms with Gasteiger partial charge in [-0.25, -0.2) is 9.97 Å². The fraction of sp³-hybridized carbons (Fsp3) is 0.435. The van der Waals surface area contributed by atoms with Gasteiger partial charge in [-0.15, -0.1) is 0 Å². The Morgan fingerprint density at radius 2 is 1.94 bits per heavy atom. The van der Waals surface area contributed by atoms with Crippen molar-refractivity contribution in [2.24, 2.45) is 0 Å². The average Bonchev–Trinajstić information content (AvgIpc) is 3.36. The number of amides is 1. The van der Waals surface area contributed by atoms with E-state index >= 15 is 0 Å². The highest BCUT2D eigenvalue weighted by molar-refractivity contribution is 6.34. The van der Waals surface area contributed by atoms with Crippen LogP contribution in [0.1, 0.15) is 48.5 Å². The molecule has 0 saturated heterocycles. The van der Waals surface area contributed by atoms with Crippen LogP contribution >= 0.6 is 11.6 Å². The van der Waals surface area contributed by atoms with Gasteiger partial charge < -0.3 is 14.2 Å². The predicted octanol–water partition coefficient (Wildman–Crippen LogP) is 4.43. The van der Waals surface area contributed by atoms with Gasteiger partial charge in [0.25, 0.3) is 5.91 Å². The molecule has 0 aliphatic carbocycles. The molecule has 2 aromatic heterocycles. The van der Waals surface area contributed by atoms with E-state index < -0.39 is 0 Å². The smallest absolute Gasteiger partial charge is 0.257 e. The lowest BCUT2D eigenvalue weighted by Crippen LogP contribution is -2.27. The molecule has 8 heteroatoms. The summed E-state index contributed by atoms with van der Waals surface area (Å²) < 4.78 is 7.98. The Labute approximate surface area is 187 Å². The van der Waals surface area contributed by atoms with E-state index in [0.29, 0.717) is 28.7 Å². The van der Waals surface area contributed by atoms with Crippen molar-refractivity contribution in [3.8, 4) is 17.3 Å². The molecule has 1 amide bonds. The Kier molecular flexibility index (Phi) is 6.43. The number of imidazole rings is 1. The van der Waals surface area contributed by atoms with Gasteiger partial charge in [0, 0.05) is 20.0 Å². The van der Waals surface area contributed by atoms with Crippen molar-refractivity contribution in [2.75, 3.05) is 26.7 Å². The van der Waals surface area contributed by atoms with Crippen molar-refractivity contribution < 1.29 is 9.21 Å². The summed E-state index contributed by atoms with van der Waals surface area (Å²) in [5, 5.41) is 0.430. The number of benzene rings is 1. The third-order valence-corrected chi connectivity index (χ3v) is 5.89. The molecule has 0 N–H and O–H groups in total. The van der Waals surface area contributed by atoms with Crippen LogP contribution in [0.4, 0.5) is 0 Å². The minimum absolute atomic E-state index is 0.115. The molecule has 4 rings (SSSR count). The Bertz CT molecular complexity index is 1070. The topological polar surface area (TPSA) is 67.4 Å². The van der Waals surface area contributed by atoms with E-state index in [-0.39, 0.29) is 5.91 Å². The van der Waals surface area contributed by atoms with Gasteiger partial charge in [0.2, 0.25) is 5.89 Å². The van der Waals surface area contributed by atoms with Crippen LogP contribution in [0, 0.1) is 0 Å². The number of rotatable bonds is 8. The molecule has 7 nitrogen and oxygen atoms in total. The summed E-state index contributed by atoms with van der Waals surface area (Å²) in [4.78, 5) is 26.1. The number of oxazole rings is 1. The number of hydrogen-bond acceptors (Lipinski definition) is 5. The van der Waals surface area contributed by atoms with Crippen LogP contribution in [0.15, 0.2) is 35.1 Å². The number of aromatic nitrogens is 3. The SMILES string of the molecule is CCCN(CCC)CCc1cnc(-c2ncn3c2CN(C)C(=O)c2c(Cl)cccc2-3)o1. The van der Waals surface area contributed by atoms with Crippen LogP contribution in [0.5, 0.6) is 0 Å². The van der Waals surface area contributed by atoms with Crippen molar-refractivity contribution in [2.45, 2.75) is 39.7 Å². The number of nitrogens with zero attached hydrogens (tertiary/aromatic N) is 5. The Morgan fingerprint density at radius 1 is 1.16 bits per heavy atom. The highest BCUT2D eigenvalue weighted by atomic mass is 35.5. The first-order chi connectivity index (χ1) is 15.0. The molecule has 0 bridgehead atoms. The van der Waals surface area contributed by atoms with Crippen LogP contribution < -0.4 is 0 Å². The number of fused-ring (bicyclic) bond motifs is 3. The summed E-state index contributed by atoms with van der Waals surface area (Å²) in [6.07, 6.45) is 6.58. The van der Waals surface area contributed by atoms with Crippen LogP contribution in [-0.2, 0) is 13.0 Å². The van der Waals surface area contributed by atoms with E-state index in [9.17, 15) is 4.79 Å². The maximum atomic E-state index is 12.9. The first-order valence-corrected chi connectivity index (χ1v) is 11.2. The van der Waals surface area contributed by atoms with Crippen LogP contribution in [0.3, 0.4) is 0 Å². The molecule has 0 unspecified atom stereocenters. The molecule has 1 aliphatic heterocycles. The van der Waals surface area contributed by atoms with Crippen molar-refractivity contribution in [1.82, 2.24) is 24.3 Å². The summed E-state index contributed by atoms with van der Waals surface area (Å²) in [6, 6.07) is 5.45. The van der Waals surface area contributed by atoms with Crippen molar-refractivity contribution in [1.29, 1.82) is 0 Å². The Hall–Kier alpha value is -2.64. The Balaban J connectivity index is 1.62. The number of carbonyl (C=O) groups is 1. The molecular formula is C23H28ClN5O2. The number of halogens is 1. The molecule has 0 atom stereocenters. The quantitative estimate of drug-likeness (QED) is 0.517. The summed E-state index contributed by atoms with van der Waals surface area (Å²) in [5.41, 5.74) is 2.70. The first kappa shape index (κ1) is 21.6. The highest BCUT2D eigenvalue weighted by Gasteiger charge is 2.29. The monoisotopic (exact) mass is 441 g/mol. The Morgan fingerprint density at radius 3 is 2.68 bits per heavy atom. The number of carbonyl (C=O) groups excluding carboxylic acids is 1. The zero-order valence-corrected chi connectivity index (χ0v) is 19.0. The molecule has 0 fully saturated rings. The fourth-order valence-corrected chi connectivity index (χ4v) is 4.34. The van der Waals surface area contributed by atoms with E-state index in [4.69, 9.17) is 16.0 Å². The summed E-state index contributed by atoms with van der Waals surface area (Å²) in [6.45, 7) is 7.91. The van der Waals surface area contributed by atoms with Crippen molar-refractivity contribution >= 4 is 17.5 Å². The molecule has 1 aromatic carbocycles. The van der Waals surface area contributed by atoms with Gasteiger partial charge >= 0.3 is 0 Å². The van der Waals surface area contributed by atoms with E-state index in [1.165, 1.54) is 0 Å². The third kappa shape index (κ3) is 4.25. The lowest BCUT2D eigenvalue weighted by atomic mass is 10.1. The summed E-state index contributed by atoms with van der Waals surface area (Å²) >= 11 is 6.36. The minimum atomic E-state index is -0.115. The molecule has 0 radical (unpaired) electrons. The molecular weight excluding hydrogens is 414 g/mol. The van der Waals surface area contributed by atoms with Gasteiger partial charge in [-0.05, 0) is 38.1 Å². The fourth-order valence-electron chi connectivity index (χ4n) is 4.09. The lowest BCUT2D eigenvalue weighted by molar-refractivity contribution is 0.0788. The van der Waals surface area contributed by atoms with Gasteiger partial charge in [-0.1, -0.05) is 31.5 Å². The summed E-state index contributed by atoms with van der Waals surface area (Å²) in [5.74, 6) is 1.21. The molecule has 164 valence electrons. The average molecular weight is 442 g/mol. The van der Waals surface area contributed by atoms with E-state index in [1.807, 2.05) is 16.7 Å². The second kappa shape index (κ2) is 9.24. The zero-order chi connectivity index (χ0) is 22.0. The molecule has 0 saturated carbocycles. The van der Waals surface area contributed by atoms with Gasteiger partial charge in [-0.2, -0.15) is 0 Å². The second-order valence-electron chi connectivity index (χ2n) is 7.93. The molecule has 0 spiro atoms. The second-order valence-corrected chi connectivity index (χ2v) is 8.34. The lowest BCUT2D eigenvalue weighted by Gasteiger charge is -2.19. The van der Waals surface area contributed by atoms with E-state index in [2.05, 4.69) is 28.7 Å². The zero-order valence-electron chi connectivity index (χ0n) is 18.3.